The molecule has 0 amide bonds. The van der Waals surface area contributed by atoms with E-state index in [1.807, 2.05) is 12.1 Å². The molecule has 17 heavy (non-hydrogen) atoms. The number of rotatable bonds is 4. The predicted octanol–water partition coefficient (Wildman–Crippen LogP) is 3.12. The summed E-state index contributed by atoms with van der Waals surface area (Å²) < 4.78 is 11.5. The lowest BCUT2D eigenvalue weighted by atomic mass is 9.80. The summed E-state index contributed by atoms with van der Waals surface area (Å²) >= 11 is 0. The molecule has 0 aromatic carbocycles. The third-order valence-corrected chi connectivity index (χ3v) is 3.98. The first-order valence-electron chi connectivity index (χ1n) is 6.59. The first-order valence-corrected chi connectivity index (χ1v) is 6.59. The largest absolute Gasteiger partial charge is 0.467 e. The minimum atomic E-state index is -0.0874. The maximum atomic E-state index is 6.08. The topological polar surface area (TPSA) is 48.4 Å². The van der Waals surface area contributed by atoms with Crippen LogP contribution in [0, 0.1) is 11.8 Å². The summed E-state index contributed by atoms with van der Waals surface area (Å²) in [4.78, 5) is 0. The van der Waals surface area contributed by atoms with E-state index in [0.717, 1.165) is 30.4 Å². The Morgan fingerprint density at radius 2 is 2.24 bits per heavy atom. The second-order valence-electron chi connectivity index (χ2n) is 5.27. The van der Waals surface area contributed by atoms with Gasteiger partial charge in [0, 0.05) is 6.54 Å². The van der Waals surface area contributed by atoms with Gasteiger partial charge < -0.3 is 14.9 Å². The van der Waals surface area contributed by atoms with Crippen LogP contribution in [-0.4, -0.2) is 12.6 Å². The van der Waals surface area contributed by atoms with Crippen molar-refractivity contribution in [1.29, 1.82) is 0 Å². The maximum Gasteiger partial charge on any atom is 0.133 e. The van der Waals surface area contributed by atoms with Gasteiger partial charge in [-0.25, -0.2) is 0 Å². The Balaban J connectivity index is 1.91. The average molecular weight is 237 g/mol. The molecule has 0 aliphatic heterocycles. The van der Waals surface area contributed by atoms with Crippen molar-refractivity contribution in [2.75, 3.05) is 6.54 Å². The Bertz CT molecular complexity index is 323. The molecule has 0 saturated heterocycles. The Morgan fingerprint density at radius 1 is 1.41 bits per heavy atom. The van der Waals surface area contributed by atoms with E-state index in [9.17, 15) is 0 Å². The Hall–Kier alpha value is -0.800. The summed E-state index contributed by atoms with van der Waals surface area (Å²) in [7, 11) is 0. The molecule has 3 heteroatoms. The summed E-state index contributed by atoms with van der Waals surface area (Å²) in [6.07, 6.45) is 5.45. The number of hydrogen-bond donors (Lipinski definition) is 1. The summed E-state index contributed by atoms with van der Waals surface area (Å²) in [5.41, 5.74) is 5.76. The van der Waals surface area contributed by atoms with Crippen LogP contribution in [0.4, 0.5) is 0 Å². The van der Waals surface area contributed by atoms with Crippen molar-refractivity contribution in [3.8, 4) is 0 Å². The van der Waals surface area contributed by atoms with E-state index in [4.69, 9.17) is 14.9 Å². The summed E-state index contributed by atoms with van der Waals surface area (Å²) in [6.45, 7) is 5.12. The van der Waals surface area contributed by atoms with Crippen LogP contribution in [0.5, 0.6) is 0 Å². The fraction of sp³-hybridized carbons (Fsp3) is 0.714. The highest BCUT2D eigenvalue weighted by atomic mass is 16.5. The Morgan fingerprint density at radius 3 is 2.82 bits per heavy atom. The molecule has 1 aliphatic rings. The molecule has 4 atom stereocenters. The Kier molecular flexibility index (Phi) is 4.24. The normalized spacial score (nSPS) is 31.4. The minimum absolute atomic E-state index is 0.0874. The van der Waals surface area contributed by atoms with Gasteiger partial charge in [0.05, 0.1) is 12.4 Å². The van der Waals surface area contributed by atoms with Gasteiger partial charge in [-0.1, -0.05) is 13.8 Å². The summed E-state index contributed by atoms with van der Waals surface area (Å²) in [5.74, 6) is 2.40. The molecule has 96 valence electrons. The van der Waals surface area contributed by atoms with Crippen LogP contribution < -0.4 is 5.73 Å². The standard InChI is InChI=1S/C14H23NO2/c1-10-5-6-12(8-11(10)2)17-14(9-15)13-4-3-7-16-13/h3-4,7,10-12,14H,5-6,8-9,15H2,1-2H3. The third-order valence-electron chi connectivity index (χ3n) is 3.98. The highest BCUT2D eigenvalue weighted by Crippen LogP contribution is 2.33. The molecular formula is C14H23NO2. The average Bonchev–Trinajstić information content (AvgIpc) is 2.84. The van der Waals surface area contributed by atoms with Crippen LogP contribution in [0.3, 0.4) is 0 Å². The fourth-order valence-corrected chi connectivity index (χ4v) is 2.57. The molecule has 2 rings (SSSR count). The van der Waals surface area contributed by atoms with Gasteiger partial charge in [0.15, 0.2) is 0 Å². The molecule has 1 aromatic heterocycles. The molecule has 1 saturated carbocycles. The van der Waals surface area contributed by atoms with E-state index < -0.39 is 0 Å². The van der Waals surface area contributed by atoms with Crippen molar-refractivity contribution in [2.24, 2.45) is 17.6 Å². The van der Waals surface area contributed by atoms with Crippen LogP contribution in [0.15, 0.2) is 22.8 Å². The van der Waals surface area contributed by atoms with E-state index >= 15 is 0 Å². The number of ether oxygens (including phenoxy) is 1. The predicted molar refractivity (Wildman–Crippen MR) is 67.6 cm³/mol. The first-order chi connectivity index (χ1) is 8.20. The molecule has 2 N–H and O–H groups in total. The minimum Gasteiger partial charge on any atom is -0.467 e. The quantitative estimate of drug-likeness (QED) is 0.875. The van der Waals surface area contributed by atoms with Gasteiger partial charge >= 0.3 is 0 Å². The van der Waals surface area contributed by atoms with Gasteiger partial charge in [-0.05, 0) is 43.2 Å². The number of furan rings is 1. The molecule has 1 heterocycles. The van der Waals surface area contributed by atoms with Crippen molar-refractivity contribution >= 4 is 0 Å². The van der Waals surface area contributed by atoms with E-state index in [-0.39, 0.29) is 6.10 Å². The summed E-state index contributed by atoms with van der Waals surface area (Å²) in [6, 6.07) is 3.82. The first kappa shape index (κ1) is 12.7. The van der Waals surface area contributed by atoms with Crippen LogP contribution in [0.1, 0.15) is 45.0 Å². The van der Waals surface area contributed by atoms with Crippen LogP contribution in [0.2, 0.25) is 0 Å². The maximum absolute atomic E-state index is 6.08. The van der Waals surface area contributed by atoms with Crippen molar-refractivity contribution in [2.45, 2.75) is 45.3 Å². The lowest BCUT2D eigenvalue weighted by molar-refractivity contribution is -0.0527. The van der Waals surface area contributed by atoms with Gasteiger partial charge in [-0.3, -0.25) is 0 Å². The second-order valence-corrected chi connectivity index (χ2v) is 5.27. The van der Waals surface area contributed by atoms with E-state index in [1.165, 1.54) is 6.42 Å². The number of nitrogens with two attached hydrogens (primary N) is 1. The zero-order chi connectivity index (χ0) is 12.3. The lowest BCUT2D eigenvalue weighted by Gasteiger charge is -2.33. The van der Waals surface area contributed by atoms with Crippen molar-refractivity contribution in [3.63, 3.8) is 0 Å². The SMILES string of the molecule is CC1CCC(OC(CN)c2ccco2)CC1C. The highest BCUT2D eigenvalue weighted by Gasteiger charge is 2.27. The highest BCUT2D eigenvalue weighted by molar-refractivity contribution is 5.02. The van der Waals surface area contributed by atoms with Crippen LogP contribution >= 0.6 is 0 Å². The fourth-order valence-electron chi connectivity index (χ4n) is 2.57. The molecule has 1 aromatic rings. The molecule has 0 radical (unpaired) electrons. The van der Waals surface area contributed by atoms with E-state index in [2.05, 4.69) is 13.8 Å². The molecular weight excluding hydrogens is 214 g/mol. The second kappa shape index (κ2) is 5.69. The van der Waals surface area contributed by atoms with Gasteiger partial charge in [0.1, 0.15) is 11.9 Å². The molecule has 4 unspecified atom stereocenters. The molecule has 0 bridgehead atoms. The zero-order valence-electron chi connectivity index (χ0n) is 10.8. The van der Waals surface area contributed by atoms with Crippen molar-refractivity contribution in [3.05, 3.63) is 24.2 Å². The molecule has 1 aliphatic carbocycles. The van der Waals surface area contributed by atoms with Gasteiger partial charge in [0.25, 0.3) is 0 Å². The molecule has 1 fully saturated rings. The van der Waals surface area contributed by atoms with Gasteiger partial charge in [-0.15, -0.1) is 0 Å². The van der Waals surface area contributed by atoms with E-state index in [1.54, 1.807) is 6.26 Å². The lowest BCUT2D eigenvalue weighted by Crippen LogP contribution is -2.29. The van der Waals surface area contributed by atoms with Crippen LogP contribution in [-0.2, 0) is 4.74 Å². The van der Waals surface area contributed by atoms with Gasteiger partial charge in [-0.2, -0.15) is 0 Å². The third kappa shape index (κ3) is 3.11. The van der Waals surface area contributed by atoms with Gasteiger partial charge in [0.2, 0.25) is 0 Å². The number of hydrogen-bond acceptors (Lipinski definition) is 3. The van der Waals surface area contributed by atoms with Crippen LogP contribution in [0.25, 0.3) is 0 Å². The van der Waals surface area contributed by atoms with E-state index in [0.29, 0.717) is 12.6 Å². The Labute approximate surface area is 103 Å². The smallest absolute Gasteiger partial charge is 0.133 e. The monoisotopic (exact) mass is 237 g/mol. The molecule has 3 nitrogen and oxygen atoms in total. The summed E-state index contributed by atoms with van der Waals surface area (Å²) in [5, 5.41) is 0. The van der Waals surface area contributed by atoms with Crippen molar-refractivity contribution in [1.82, 2.24) is 0 Å². The van der Waals surface area contributed by atoms with Crippen molar-refractivity contribution < 1.29 is 9.15 Å². The zero-order valence-corrected chi connectivity index (χ0v) is 10.8. The molecule has 0 spiro atoms.